The summed E-state index contributed by atoms with van der Waals surface area (Å²) in [7, 11) is 0. The van der Waals surface area contributed by atoms with Crippen LogP contribution in [0.2, 0.25) is 0 Å². The molecule has 0 fully saturated rings. The third-order valence-electron chi connectivity index (χ3n) is 6.99. The number of carbonyl (C=O) groups excluding carboxylic acids is 2. The van der Waals surface area contributed by atoms with E-state index in [2.05, 4.69) is 6.07 Å². The highest BCUT2D eigenvalue weighted by Gasteiger charge is 2.08. The zero-order chi connectivity index (χ0) is 31.6. The van der Waals surface area contributed by atoms with Crippen LogP contribution in [0.3, 0.4) is 0 Å². The van der Waals surface area contributed by atoms with Crippen molar-refractivity contribution in [2.45, 2.75) is 0 Å². The fourth-order valence-corrected chi connectivity index (χ4v) is 4.58. The van der Waals surface area contributed by atoms with Crippen molar-refractivity contribution in [3.8, 4) is 17.6 Å². The van der Waals surface area contributed by atoms with Crippen LogP contribution < -0.4 is 15.2 Å². The number of hydrogen-bond acceptors (Lipinski definition) is 6. The lowest BCUT2D eigenvalue weighted by molar-refractivity contribution is 0.0915. The van der Waals surface area contributed by atoms with Gasteiger partial charge in [-0.15, -0.1) is 0 Å². The predicted octanol–water partition coefficient (Wildman–Crippen LogP) is 7.36. The van der Waals surface area contributed by atoms with Crippen LogP contribution in [0.25, 0.3) is 21.5 Å². The summed E-state index contributed by atoms with van der Waals surface area (Å²) >= 11 is 0. The Bertz CT molecular complexity index is 2030. The number of nitriles is 1. The summed E-state index contributed by atoms with van der Waals surface area (Å²) in [5, 5.41) is 20.2. The first kappa shape index (κ1) is 30.2. The predicted molar refractivity (Wildman–Crippen MR) is 176 cm³/mol. The molecule has 0 heterocycles. The van der Waals surface area contributed by atoms with E-state index >= 15 is 0 Å². The van der Waals surface area contributed by atoms with Crippen LogP contribution in [-0.2, 0) is 0 Å². The molecule has 0 unspecified atom stereocenters. The van der Waals surface area contributed by atoms with E-state index in [-0.39, 0.29) is 30.6 Å². The normalized spacial score (nSPS) is 10.3. The Morgan fingerprint density at radius 1 is 0.578 bits per heavy atom. The fraction of sp³-hybridized carbons (Fsp3) is 0.0526. The maximum atomic E-state index is 12.0. The quantitative estimate of drug-likeness (QED) is 0.103. The maximum Gasteiger partial charge on any atom is 0.200 e. The van der Waals surface area contributed by atoms with Gasteiger partial charge in [-0.3, -0.25) is 15.0 Å². The zero-order valence-electron chi connectivity index (χ0n) is 24.3. The summed E-state index contributed by atoms with van der Waals surface area (Å²) in [6.45, 7) is 0.00679. The van der Waals surface area contributed by atoms with Gasteiger partial charge in [-0.05, 0) is 64.0 Å². The minimum Gasteiger partial charge on any atom is -0.485 e. The molecule has 45 heavy (non-hydrogen) atoms. The lowest BCUT2D eigenvalue weighted by atomic mass is 10.1. The molecule has 6 rings (SSSR count). The van der Waals surface area contributed by atoms with Gasteiger partial charge in [-0.1, -0.05) is 91.0 Å². The van der Waals surface area contributed by atoms with Crippen LogP contribution in [0.4, 0.5) is 0 Å². The molecule has 0 aliphatic heterocycles. The van der Waals surface area contributed by atoms with E-state index in [0.29, 0.717) is 33.8 Å². The molecule has 6 aromatic carbocycles. The Morgan fingerprint density at radius 3 is 1.51 bits per heavy atom. The van der Waals surface area contributed by atoms with Gasteiger partial charge in [0, 0.05) is 16.7 Å². The first-order chi connectivity index (χ1) is 21.9. The van der Waals surface area contributed by atoms with Crippen molar-refractivity contribution in [1.82, 2.24) is 0 Å². The van der Waals surface area contributed by atoms with Gasteiger partial charge in [0.25, 0.3) is 0 Å². The topological polar surface area (TPSA) is 126 Å². The number of hydrogen-bond donors (Lipinski definition) is 2. The van der Waals surface area contributed by atoms with Gasteiger partial charge in [0.2, 0.25) is 0 Å². The van der Waals surface area contributed by atoms with Gasteiger partial charge in [0.05, 0.1) is 11.6 Å². The second-order valence-electron chi connectivity index (χ2n) is 10.1. The van der Waals surface area contributed by atoms with Crippen LogP contribution in [0.1, 0.15) is 31.8 Å². The summed E-state index contributed by atoms with van der Waals surface area (Å²) in [6, 6.07) is 42.4. The van der Waals surface area contributed by atoms with Crippen molar-refractivity contribution in [2.75, 3.05) is 13.2 Å². The number of benzene rings is 6. The molecular weight excluding hydrogens is 562 g/mol. The molecule has 3 N–H and O–H groups in total. The minimum atomic E-state index is -0.0578. The van der Waals surface area contributed by atoms with Gasteiger partial charge >= 0.3 is 0 Å². The number of rotatable bonds is 9. The second-order valence-corrected chi connectivity index (χ2v) is 10.1. The molecule has 0 spiro atoms. The fourth-order valence-electron chi connectivity index (χ4n) is 4.58. The Morgan fingerprint density at radius 2 is 1.02 bits per heavy atom. The number of Topliss-reactive ketones (excluding diaryl/α,β-unsaturated/α-hetero) is 2. The Balaban J connectivity index is 0.000000178. The van der Waals surface area contributed by atoms with Crippen molar-refractivity contribution in [2.24, 2.45) is 5.73 Å². The Kier molecular flexibility index (Phi) is 9.58. The van der Waals surface area contributed by atoms with Crippen molar-refractivity contribution >= 4 is 38.9 Å². The molecule has 7 heteroatoms. The largest absolute Gasteiger partial charge is 0.485 e. The lowest BCUT2D eigenvalue weighted by Gasteiger charge is -2.08. The smallest absolute Gasteiger partial charge is 0.200 e. The van der Waals surface area contributed by atoms with E-state index in [0.717, 1.165) is 21.5 Å². The first-order valence-electron chi connectivity index (χ1n) is 14.1. The van der Waals surface area contributed by atoms with E-state index in [1.54, 1.807) is 36.4 Å². The molecule has 7 nitrogen and oxygen atoms in total. The van der Waals surface area contributed by atoms with E-state index in [9.17, 15) is 9.59 Å². The number of carbonyl (C=O) groups is 2. The summed E-state index contributed by atoms with van der Waals surface area (Å²) in [4.78, 5) is 24.0. The number of nitrogens with two attached hydrogens (primary N) is 1. The van der Waals surface area contributed by atoms with Gasteiger partial charge < -0.3 is 15.2 Å². The Hall–Kier alpha value is -6.26. The van der Waals surface area contributed by atoms with Crippen molar-refractivity contribution in [3.05, 3.63) is 156 Å². The molecule has 0 atom stereocenters. The van der Waals surface area contributed by atoms with Gasteiger partial charge in [-0.25, -0.2) is 0 Å². The summed E-state index contributed by atoms with van der Waals surface area (Å²) in [6.07, 6.45) is 0. The third-order valence-corrected chi connectivity index (χ3v) is 6.99. The highest BCUT2D eigenvalue weighted by Crippen LogP contribution is 2.23. The third kappa shape index (κ3) is 7.98. The highest BCUT2D eigenvalue weighted by molar-refractivity contribution is 6.00. The summed E-state index contributed by atoms with van der Waals surface area (Å²) < 4.78 is 11.2. The number of fused-ring (bicyclic) bond motifs is 2. The van der Waals surface area contributed by atoms with Crippen molar-refractivity contribution < 1.29 is 19.1 Å². The minimum absolute atomic E-state index is 0.00104. The molecule has 0 aromatic heterocycles. The van der Waals surface area contributed by atoms with Crippen molar-refractivity contribution in [3.63, 3.8) is 0 Å². The molecule has 0 amide bonds. The number of nitrogen functional groups attached to an aromatic ring is 1. The average molecular weight is 592 g/mol. The second kappa shape index (κ2) is 14.3. The molecule has 0 radical (unpaired) electrons. The van der Waals surface area contributed by atoms with E-state index in [1.807, 2.05) is 97.1 Å². The van der Waals surface area contributed by atoms with Gasteiger partial charge in [-0.2, -0.15) is 5.26 Å². The number of nitrogens with one attached hydrogen (secondary N) is 1. The SMILES string of the molecule is N#Cc1ccc2cc(OCC(=O)c3ccccc3)ccc2c1.N=C(N)c1ccc2cc(OCC(=O)c3ccccc3)ccc2c1. The lowest BCUT2D eigenvalue weighted by Crippen LogP contribution is -2.11. The molecular formula is C38H29N3O4. The van der Waals surface area contributed by atoms with Crippen LogP contribution >= 0.6 is 0 Å². The Labute approximate surface area is 260 Å². The van der Waals surface area contributed by atoms with Crippen LogP contribution in [0.15, 0.2) is 133 Å². The van der Waals surface area contributed by atoms with E-state index < -0.39 is 0 Å². The maximum absolute atomic E-state index is 12.0. The van der Waals surface area contributed by atoms with Gasteiger partial charge in [0.15, 0.2) is 24.8 Å². The number of ether oxygens (including phenoxy) is 2. The number of amidine groups is 1. The standard InChI is InChI=1S/C19H16N2O2.C19H13NO2/c20-19(21)16-7-6-15-11-17(9-8-14(15)10-16)23-12-18(22)13-4-2-1-3-5-13;20-12-14-6-7-17-11-18(9-8-16(17)10-14)22-13-19(21)15-4-2-1-3-5-15/h1-11H,12H2,(H3,20,21);1-11H,13H2. The van der Waals surface area contributed by atoms with Crippen molar-refractivity contribution in [1.29, 1.82) is 10.7 Å². The first-order valence-corrected chi connectivity index (χ1v) is 14.1. The van der Waals surface area contributed by atoms with Crippen LogP contribution in [0, 0.1) is 16.7 Å². The average Bonchev–Trinajstić information content (AvgIpc) is 3.09. The van der Waals surface area contributed by atoms with Crippen LogP contribution in [-0.4, -0.2) is 30.6 Å². The van der Waals surface area contributed by atoms with E-state index in [4.69, 9.17) is 25.9 Å². The molecule has 0 aliphatic rings. The molecule has 6 aromatic rings. The molecule has 220 valence electrons. The zero-order valence-corrected chi connectivity index (χ0v) is 24.3. The van der Waals surface area contributed by atoms with E-state index in [1.165, 1.54) is 0 Å². The highest BCUT2D eigenvalue weighted by atomic mass is 16.5. The summed E-state index contributed by atoms with van der Waals surface area (Å²) in [5.41, 5.74) is 8.08. The van der Waals surface area contributed by atoms with Gasteiger partial charge in [0.1, 0.15) is 17.3 Å². The summed E-state index contributed by atoms with van der Waals surface area (Å²) in [5.74, 6) is 1.21. The molecule has 0 saturated heterocycles. The molecule has 0 bridgehead atoms. The van der Waals surface area contributed by atoms with Crippen LogP contribution in [0.5, 0.6) is 11.5 Å². The number of nitrogens with zero attached hydrogens (tertiary/aromatic N) is 1. The molecule has 0 aliphatic carbocycles. The monoisotopic (exact) mass is 591 g/mol. The number of ketones is 2. The molecule has 0 saturated carbocycles.